The Bertz CT molecular complexity index is 1100. The van der Waals surface area contributed by atoms with E-state index in [2.05, 4.69) is 41.7 Å². The largest absolute Gasteiger partial charge is 0.480 e. The number of hydrogen-bond acceptors (Lipinski definition) is 4. The van der Waals surface area contributed by atoms with Gasteiger partial charge in [0.1, 0.15) is 12.4 Å². The Morgan fingerprint density at radius 1 is 0.481 bits per heavy atom. The van der Waals surface area contributed by atoms with E-state index in [1.54, 1.807) is 0 Å². The van der Waals surface area contributed by atoms with E-state index in [1.807, 2.05) is 0 Å². The minimum absolute atomic E-state index is 0.778. The van der Waals surface area contributed by atoms with Gasteiger partial charge in [-0.3, -0.25) is 0 Å². The summed E-state index contributed by atoms with van der Waals surface area (Å²) in [4.78, 5) is 0. The average Bonchev–Trinajstić information content (AvgIpc) is 3.51. The van der Waals surface area contributed by atoms with Gasteiger partial charge in [-0.1, -0.05) is 168 Å². The first-order valence-corrected chi connectivity index (χ1v) is 22.9. The molecule has 1 rings (SSSR count). The zero-order chi connectivity index (χ0) is 39.2. The summed E-state index contributed by atoms with van der Waals surface area (Å²) in [5.74, 6) is 0. The van der Waals surface area contributed by atoms with Crippen LogP contribution < -0.4 is 4.57 Å². The number of nitrogens with zero attached hydrogens (tertiary/aromatic N) is 3. The molecule has 7 nitrogen and oxygen atoms in total. The lowest BCUT2D eigenvalue weighted by Gasteiger charge is -2.22. The van der Waals surface area contributed by atoms with Crippen LogP contribution in [0.15, 0.2) is 18.7 Å². The van der Waals surface area contributed by atoms with E-state index in [4.69, 9.17) is 0 Å². The van der Waals surface area contributed by atoms with Crippen molar-refractivity contribution in [2.75, 3.05) is 0 Å². The molecule has 0 unspecified atom stereocenters. The molecule has 0 saturated heterocycles. The number of unbranched alkanes of at least 4 members (excludes halogenated alkanes) is 26. The summed E-state index contributed by atoms with van der Waals surface area (Å²) < 4.78 is 114. The van der Waals surface area contributed by atoms with Gasteiger partial charge in [-0.2, -0.15) is 26.3 Å². The molecule has 1 heterocycles. The summed E-state index contributed by atoms with van der Waals surface area (Å²) in [5.41, 5.74) is -12.4. The van der Waals surface area contributed by atoms with Gasteiger partial charge in [0.15, 0.2) is 20.0 Å². The fourth-order valence-corrected chi connectivity index (χ4v) is 7.60. The van der Waals surface area contributed by atoms with Crippen LogP contribution in [-0.4, -0.2) is 32.4 Å². The minimum Gasteiger partial charge on any atom is -0.421 e. The minimum atomic E-state index is -6.72. The summed E-state index contributed by atoms with van der Waals surface area (Å²) >= 11 is 0. The van der Waals surface area contributed by atoms with Crippen molar-refractivity contribution in [3.8, 4) is 0 Å². The molecule has 0 fully saturated rings. The van der Waals surface area contributed by atoms with Crippen LogP contribution in [0.5, 0.6) is 0 Å². The summed E-state index contributed by atoms with van der Waals surface area (Å²) in [7, 11) is -13.4. The van der Waals surface area contributed by atoms with Crippen LogP contribution in [-0.2, 0) is 33.1 Å². The average molecular weight is 798 g/mol. The van der Waals surface area contributed by atoms with Gasteiger partial charge in [0.25, 0.3) is 0 Å². The maximum atomic E-state index is 11.4. The molecule has 0 aliphatic rings. The van der Waals surface area contributed by atoms with Gasteiger partial charge in [0.05, 0.1) is 13.1 Å². The van der Waals surface area contributed by atoms with Crippen LogP contribution >= 0.6 is 0 Å². The summed E-state index contributed by atoms with van der Waals surface area (Å²) in [6, 6.07) is 0. The molecule has 15 heteroatoms. The van der Waals surface area contributed by atoms with Crippen molar-refractivity contribution in [1.82, 2.24) is 4.57 Å². The summed E-state index contributed by atoms with van der Waals surface area (Å²) in [6.45, 7) is 7.00. The van der Waals surface area contributed by atoms with Crippen LogP contribution in [0.2, 0.25) is 0 Å². The van der Waals surface area contributed by atoms with E-state index < -0.39 is 31.1 Å². The maximum Gasteiger partial charge on any atom is 0.480 e. The summed E-state index contributed by atoms with van der Waals surface area (Å²) in [5, 5.41) is 0. The fourth-order valence-electron chi connectivity index (χ4n) is 5.89. The highest BCUT2D eigenvalue weighted by molar-refractivity contribution is 8.13. The normalized spacial score (nSPS) is 12.6. The predicted octanol–water partition coefficient (Wildman–Crippen LogP) is 12.8. The van der Waals surface area contributed by atoms with Gasteiger partial charge in [-0.15, -0.1) is 0 Å². The van der Waals surface area contributed by atoms with E-state index in [0.29, 0.717) is 0 Å². The number of imidazole rings is 1. The second-order valence-electron chi connectivity index (χ2n) is 14.0. The van der Waals surface area contributed by atoms with E-state index in [-0.39, 0.29) is 0 Å². The third kappa shape index (κ3) is 27.3. The molecule has 310 valence electrons. The molecule has 0 amide bonds. The maximum absolute atomic E-state index is 11.4. The van der Waals surface area contributed by atoms with E-state index in [9.17, 15) is 43.2 Å². The molecule has 0 aliphatic heterocycles. The molecule has 0 aliphatic carbocycles. The highest BCUT2D eigenvalue weighted by Crippen LogP contribution is 2.36. The molecular weight excluding hydrogens is 729 g/mol. The highest BCUT2D eigenvalue weighted by Gasteiger charge is 2.46. The first kappa shape index (κ1) is 50.6. The Balaban J connectivity index is 0.00000145. The lowest BCUT2D eigenvalue weighted by molar-refractivity contribution is -0.696. The fraction of sp³-hybridized carbons (Fsp3) is 0.919. The zero-order valence-electron chi connectivity index (χ0n) is 32.0. The van der Waals surface area contributed by atoms with Crippen molar-refractivity contribution in [3.63, 3.8) is 0 Å². The monoisotopic (exact) mass is 797 g/mol. The van der Waals surface area contributed by atoms with Crippen LogP contribution in [0.25, 0.3) is 4.13 Å². The van der Waals surface area contributed by atoms with E-state index >= 15 is 0 Å². The number of alkyl halides is 6. The third-order valence-corrected chi connectivity index (χ3v) is 11.8. The third-order valence-electron chi connectivity index (χ3n) is 9.07. The number of rotatable bonds is 32. The molecule has 0 spiro atoms. The summed E-state index contributed by atoms with van der Waals surface area (Å²) in [6.07, 6.45) is 47.2. The van der Waals surface area contributed by atoms with Crippen molar-refractivity contribution < 1.29 is 47.7 Å². The van der Waals surface area contributed by atoms with Crippen LogP contribution in [0.1, 0.15) is 194 Å². The van der Waals surface area contributed by atoms with Gasteiger partial charge >= 0.3 is 11.0 Å². The molecule has 0 aromatic carbocycles. The molecule has 0 bridgehead atoms. The number of aryl methyl sites for hydroxylation is 2. The predicted molar refractivity (Wildman–Crippen MR) is 199 cm³/mol. The first-order valence-electron chi connectivity index (χ1n) is 20.0. The van der Waals surface area contributed by atoms with Crippen LogP contribution in [0, 0.1) is 0 Å². The van der Waals surface area contributed by atoms with Crippen molar-refractivity contribution in [3.05, 3.63) is 22.8 Å². The first-order chi connectivity index (χ1) is 24.6. The van der Waals surface area contributed by atoms with E-state index in [1.165, 1.54) is 193 Å². The molecule has 1 aromatic heterocycles. The topological polar surface area (TPSA) is 91.2 Å². The number of hydrogen-bond donors (Lipinski definition) is 0. The molecular formula is C37H69F6N3O4S2. The number of halogens is 6. The smallest absolute Gasteiger partial charge is 0.421 e. The zero-order valence-corrected chi connectivity index (χ0v) is 33.6. The molecule has 1 aromatic rings. The Morgan fingerprint density at radius 3 is 1.08 bits per heavy atom. The van der Waals surface area contributed by atoms with E-state index in [0.717, 1.165) is 4.13 Å². The van der Waals surface area contributed by atoms with Crippen molar-refractivity contribution in [2.45, 2.75) is 218 Å². The van der Waals surface area contributed by atoms with Gasteiger partial charge in [-0.25, -0.2) is 26.0 Å². The highest BCUT2D eigenvalue weighted by atomic mass is 32.3. The Kier molecular flexibility index (Phi) is 29.2. The molecule has 0 N–H and O–H groups in total. The lowest BCUT2D eigenvalue weighted by atomic mass is 10.0. The van der Waals surface area contributed by atoms with Gasteiger partial charge < -0.3 is 4.13 Å². The van der Waals surface area contributed by atoms with Gasteiger partial charge in [0, 0.05) is 0 Å². The number of aromatic nitrogens is 2. The molecule has 0 radical (unpaired) electrons. The molecule has 0 saturated carbocycles. The standard InChI is InChI=1S/C35H69N2.C2F6NO4S2/c1-3-5-7-9-11-13-15-17-19-21-23-25-27-29-31-36-33-34-37(35-36)32-30-28-26-24-22-20-18-16-14-12-10-8-6-4-2;3-1(4,5)14(10,11)9-15(12,13)2(6,7)8/h33-35H,3-32H2,1-2H3;/q+1;-1. The number of sulfonamides is 2. The second-order valence-corrected chi connectivity index (χ2v) is 17.4. The Labute approximate surface area is 312 Å². The van der Waals surface area contributed by atoms with Crippen LogP contribution in [0.4, 0.5) is 26.3 Å². The molecule has 0 atom stereocenters. The van der Waals surface area contributed by atoms with Crippen molar-refractivity contribution in [1.29, 1.82) is 0 Å². The second kappa shape index (κ2) is 29.9. The molecule has 52 heavy (non-hydrogen) atoms. The quantitative estimate of drug-likeness (QED) is 0.0412. The van der Waals surface area contributed by atoms with Crippen molar-refractivity contribution >= 4 is 20.0 Å². The van der Waals surface area contributed by atoms with Crippen LogP contribution in [0.3, 0.4) is 0 Å². The Morgan fingerprint density at radius 2 is 0.769 bits per heavy atom. The lowest BCUT2D eigenvalue weighted by Crippen LogP contribution is -2.30. The van der Waals surface area contributed by atoms with Gasteiger partial charge in [-0.05, 0) is 25.7 Å². The van der Waals surface area contributed by atoms with Crippen molar-refractivity contribution in [2.24, 2.45) is 0 Å². The SMILES string of the molecule is CCCCCCCCCCCCCCCCn1cc[n+](CCCCCCCCCCCCCCCC)c1.O=S(=O)([N-]S(=O)(=O)C(F)(F)F)C(F)(F)F. The van der Waals surface area contributed by atoms with Gasteiger partial charge in [0.2, 0.25) is 6.33 Å². The Hall–Kier alpha value is -1.35.